The molecular weight excluding hydrogens is 869 g/mol. The maximum atomic E-state index is 12.7. The van der Waals surface area contributed by atoms with Crippen molar-refractivity contribution in [3.8, 4) is 5.75 Å². The predicted molar refractivity (Wildman–Crippen MR) is 265 cm³/mol. The molecule has 0 saturated carbocycles. The standard InChI is InChI=1S/C48H94O11SSi3/c1-24-39(58-62(20,21)46(9,10)11)33(3)40(49)34(4)41(50)37(31-54-60(17,51)52)29-48(15,59-63(22,23)47(12,13)14)43-35(5)42(32(2)30-55-61(18,19)45(6,7)8)56-44(57-43)36-25-27-38(53-16)28-26-36/h25-28,32-35,37,39-44,49-50H,24,29-31H2,1-23H3/t32-,33-,34+,35-,37+,39+,40-,41+,42+,43+,44?,48+/m0/s1. The van der Waals surface area contributed by atoms with Crippen LogP contribution < -0.4 is 4.74 Å². The number of benzene rings is 1. The molecular formula is C48H94O11SSi3. The summed E-state index contributed by atoms with van der Waals surface area (Å²) in [5, 5.41) is 24.4. The van der Waals surface area contributed by atoms with E-state index in [2.05, 4.69) is 122 Å². The minimum Gasteiger partial charge on any atom is -0.497 e. The first-order chi connectivity index (χ1) is 28.3. The first kappa shape index (κ1) is 58.4. The van der Waals surface area contributed by atoms with Gasteiger partial charge in [-0.1, -0.05) is 109 Å². The number of rotatable bonds is 22. The molecule has 0 bridgehead atoms. The van der Waals surface area contributed by atoms with Crippen molar-refractivity contribution in [2.45, 2.75) is 214 Å². The zero-order valence-corrected chi connectivity index (χ0v) is 47.8. The van der Waals surface area contributed by atoms with Crippen molar-refractivity contribution in [2.75, 3.05) is 26.6 Å². The molecule has 0 amide bonds. The molecule has 1 aromatic carbocycles. The van der Waals surface area contributed by atoms with Crippen LogP contribution in [0.3, 0.4) is 0 Å². The van der Waals surface area contributed by atoms with Crippen molar-refractivity contribution in [3.05, 3.63) is 29.8 Å². The van der Waals surface area contributed by atoms with E-state index in [1.54, 1.807) is 7.11 Å². The van der Waals surface area contributed by atoms with Crippen LogP contribution >= 0.6 is 0 Å². The second kappa shape index (κ2) is 21.7. The second-order valence-corrected chi connectivity index (χ2v) is 39.8. The highest BCUT2D eigenvalue weighted by molar-refractivity contribution is 7.85. The largest absolute Gasteiger partial charge is 0.497 e. The molecule has 0 radical (unpaired) electrons. The Morgan fingerprint density at radius 3 is 1.70 bits per heavy atom. The Morgan fingerprint density at radius 2 is 1.25 bits per heavy atom. The lowest BCUT2D eigenvalue weighted by atomic mass is 9.74. The van der Waals surface area contributed by atoms with Crippen molar-refractivity contribution >= 4 is 35.1 Å². The Labute approximate surface area is 388 Å². The lowest BCUT2D eigenvalue weighted by Crippen LogP contribution is -2.61. The maximum absolute atomic E-state index is 12.7. The summed E-state index contributed by atoms with van der Waals surface area (Å²) in [6, 6.07) is 7.68. The highest BCUT2D eigenvalue weighted by Crippen LogP contribution is 2.49. The van der Waals surface area contributed by atoms with Crippen molar-refractivity contribution in [3.63, 3.8) is 0 Å². The first-order valence-electron chi connectivity index (χ1n) is 23.4. The third-order valence-electron chi connectivity index (χ3n) is 15.4. The number of aliphatic hydroxyl groups excluding tert-OH is 2. The summed E-state index contributed by atoms with van der Waals surface area (Å²) in [6.45, 7) is 45.6. The quantitative estimate of drug-likeness (QED) is 0.0848. The summed E-state index contributed by atoms with van der Waals surface area (Å²) in [5.41, 5.74) is -0.284. The third-order valence-corrected chi connectivity index (χ3v) is 29.6. The predicted octanol–water partition coefficient (Wildman–Crippen LogP) is 11.3. The zero-order valence-electron chi connectivity index (χ0n) is 44.0. The van der Waals surface area contributed by atoms with E-state index in [4.69, 9.17) is 31.7 Å². The monoisotopic (exact) mass is 963 g/mol. The van der Waals surface area contributed by atoms with Crippen LogP contribution in [0.25, 0.3) is 0 Å². The molecule has 1 heterocycles. The van der Waals surface area contributed by atoms with E-state index in [0.29, 0.717) is 18.8 Å². The van der Waals surface area contributed by atoms with Gasteiger partial charge < -0.3 is 37.7 Å². The number of methoxy groups -OCH3 is 1. The van der Waals surface area contributed by atoms with Gasteiger partial charge in [-0.3, -0.25) is 4.18 Å². The Balaban J connectivity index is 2.80. The molecule has 370 valence electrons. The smallest absolute Gasteiger partial charge is 0.264 e. The Morgan fingerprint density at radius 1 is 0.746 bits per heavy atom. The molecule has 15 heteroatoms. The number of ether oxygens (including phenoxy) is 3. The van der Waals surface area contributed by atoms with Gasteiger partial charge in [0, 0.05) is 47.9 Å². The average Bonchev–Trinajstić information content (AvgIpc) is 3.14. The molecule has 1 unspecified atom stereocenters. The lowest BCUT2D eigenvalue weighted by Gasteiger charge is -2.54. The Hall–Kier alpha value is -0.699. The Kier molecular flexibility index (Phi) is 20.1. The molecule has 2 rings (SSSR count). The van der Waals surface area contributed by atoms with Gasteiger partial charge in [0.2, 0.25) is 0 Å². The zero-order chi connectivity index (χ0) is 49.1. The van der Waals surface area contributed by atoms with Crippen LogP contribution in [0.1, 0.15) is 129 Å². The summed E-state index contributed by atoms with van der Waals surface area (Å²) in [4.78, 5) is 0. The van der Waals surface area contributed by atoms with Crippen LogP contribution in [0.5, 0.6) is 5.75 Å². The van der Waals surface area contributed by atoms with E-state index < -0.39 is 77.1 Å². The normalized spacial score (nSPS) is 24.5. The van der Waals surface area contributed by atoms with E-state index in [9.17, 15) is 18.6 Å². The van der Waals surface area contributed by atoms with Crippen molar-refractivity contribution in [1.82, 2.24) is 0 Å². The average molecular weight is 964 g/mol. The molecule has 1 fully saturated rings. The van der Waals surface area contributed by atoms with Gasteiger partial charge in [0.05, 0.1) is 50.0 Å². The van der Waals surface area contributed by atoms with Crippen molar-refractivity contribution in [1.29, 1.82) is 0 Å². The fourth-order valence-electron chi connectivity index (χ4n) is 8.06. The van der Waals surface area contributed by atoms with Crippen LogP contribution in [0.4, 0.5) is 0 Å². The Bertz CT molecular complexity index is 1670. The minimum atomic E-state index is -3.91. The van der Waals surface area contributed by atoms with E-state index in [1.165, 1.54) is 0 Å². The molecule has 12 atom stereocenters. The molecule has 0 aliphatic carbocycles. The van der Waals surface area contributed by atoms with Crippen molar-refractivity contribution < 1.29 is 50.3 Å². The molecule has 1 saturated heterocycles. The molecule has 2 N–H and O–H groups in total. The molecule has 0 spiro atoms. The van der Waals surface area contributed by atoms with E-state index in [0.717, 1.165) is 11.8 Å². The van der Waals surface area contributed by atoms with Gasteiger partial charge in [-0.25, -0.2) is 0 Å². The second-order valence-electron chi connectivity index (χ2n) is 23.8. The van der Waals surface area contributed by atoms with Crippen LogP contribution in [0.15, 0.2) is 24.3 Å². The molecule has 1 aliphatic heterocycles. The van der Waals surface area contributed by atoms with Gasteiger partial charge in [-0.15, -0.1) is 0 Å². The number of aliphatic hydroxyl groups is 2. The van der Waals surface area contributed by atoms with Gasteiger partial charge >= 0.3 is 0 Å². The summed E-state index contributed by atoms with van der Waals surface area (Å²) in [6.07, 6.45) is -2.19. The van der Waals surface area contributed by atoms with Crippen LogP contribution in [0, 0.1) is 29.6 Å². The van der Waals surface area contributed by atoms with E-state index >= 15 is 0 Å². The highest BCUT2D eigenvalue weighted by Gasteiger charge is 2.55. The molecule has 1 aromatic rings. The van der Waals surface area contributed by atoms with Gasteiger partial charge in [-0.2, -0.15) is 8.42 Å². The fraction of sp³-hybridized carbons (Fsp3) is 0.875. The SMILES string of the molecule is CC[C@@H](O[Si](C)(C)C(C)(C)C)[C@H](C)[C@H](O)[C@@H](C)[C@@H](O)[C@@H](COS(C)(=O)=O)C[C@@](C)(O[Si](C)(C)C(C)(C)C)[C@@H]1OC(c2ccc(OC)cc2)O[C@H]([C@@H](C)CO[Si](C)(C)C(C)(C)C)[C@@H]1C. The fourth-order valence-corrected chi connectivity index (χ4v) is 12.8. The van der Waals surface area contributed by atoms with Gasteiger partial charge in [-0.05, 0) is 86.3 Å². The minimum absolute atomic E-state index is 0.0246. The topological polar surface area (TPSA) is 139 Å². The summed E-state index contributed by atoms with van der Waals surface area (Å²) in [5.74, 6) is -1.35. The van der Waals surface area contributed by atoms with Gasteiger partial charge in [0.15, 0.2) is 31.2 Å². The van der Waals surface area contributed by atoms with Crippen molar-refractivity contribution in [2.24, 2.45) is 29.6 Å². The van der Waals surface area contributed by atoms with Crippen LogP contribution in [-0.4, -0.2) is 106 Å². The first-order valence-corrected chi connectivity index (χ1v) is 34.0. The van der Waals surface area contributed by atoms with Crippen LogP contribution in [-0.2, 0) is 37.1 Å². The lowest BCUT2D eigenvalue weighted by molar-refractivity contribution is -0.312. The van der Waals surface area contributed by atoms with E-state index in [-0.39, 0.29) is 58.1 Å². The number of hydrogen-bond donors (Lipinski definition) is 2. The third kappa shape index (κ3) is 15.4. The van der Waals surface area contributed by atoms with Crippen LogP contribution in [0.2, 0.25) is 54.4 Å². The molecule has 63 heavy (non-hydrogen) atoms. The number of hydrogen-bond acceptors (Lipinski definition) is 11. The summed E-state index contributed by atoms with van der Waals surface area (Å²) < 4.78 is 71.8. The molecule has 11 nitrogen and oxygen atoms in total. The maximum Gasteiger partial charge on any atom is 0.264 e. The van der Waals surface area contributed by atoms with E-state index in [1.807, 2.05) is 45.0 Å². The molecule has 1 aliphatic rings. The molecule has 0 aromatic heterocycles. The summed E-state index contributed by atoms with van der Waals surface area (Å²) >= 11 is 0. The van der Waals surface area contributed by atoms with Gasteiger partial charge in [0.1, 0.15) is 5.75 Å². The summed E-state index contributed by atoms with van der Waals surface area (Å²) in [7, 11) is -9.20. The highest BCUT2D eigenvalue weighted by atomic mass is 32.2. The van der Waals surface area contributed by atoms with Gasteiger partial charge in [0.25, 0.3) is 10.1 Å².